The van der Waals surface area contributed by atoms with Crippen LogP contribution in [0.5, 0.6) is 0 Å². The highest BCUT2D eigenvalue weighted by Crippen LogP contribution is 2.41. The van der Waals surface area contributed by atoms with Crippen molar-refractivity contribution in [2.24, 2.45) is 0 Å². The van der Waals surface area contributed by atoms with Crippen LogP contribution in [0, 0.1) is 11.8 Å². The molecule has 0 saturated heterocycles. The summed E-state index contributed by atoms with van der Waals surface area (Å²) in [5, 5.41) is 0. The number of rotatable bonds is 2. The molecule has 1 aliphatic rings. The first kappa shape index (κ1) is 16.7. The van der Waals surface area contributed by atoms with Crippen LogP contribution in [0.15, 0.2) is 52.3 Å². The second-order valence-corrected chi connectivity index (χ2v) is 7.40. The maximum atomic E-state index is 3.39. The molecule has 0 saturated carbocycles. The molecule has 122 valence electrons. The fourth-order valence-electron chi connectivity index (χ4n) is 2.54. The van der Waals surface area contributed by atoms with Crippen molar-refractivity contribution < 1.29 is 0 Å². The molecule has 0 atom stereocenters. The normalized spacial score (nSPS) is 12.5. The van der Waals surface area contributed by atoms with E-state index in [0.29, 0.717) is 0 Å². The SMILES string of the molecule is CN(C)CC#CC1=Cc2ccccc2Sc2ccc(N(C)C)cc21. The Labute approximate surface area is 149 Å². The lowest BCUT2D eigenvalue weighted by Gasteiger charge is -2.15. The van der Waals surface area contributed by atoms with Gasteiger partial charge in [0.05, 0.1) is 6.54 Å². The molecule has 0 N–H and O–H groups in total. The van der Waals surface area contributed by atoms with Crippen molar-refractivity contribution in [3.05, 3.63) is 53.6 Å². The largest absolute Gasteiger partial charge is 0.378 e. The summed E-state index contributed by atoms with van der Waals surface area (Å²) in [5.74, 6) is 6.68. The summed E-state index contributed by atoms with van der Waals surface area (Å²) in [5.41, 5.74) is 4.74. The van der Waals surface area contributed by atoms with E-state index in [-0.39, 0.29) is 0 Å². The highest BCUT2D eigenvalue weighted by molar-refractivity contribution is 7.99. The molecule has 1 aliphatic heterocycles. The molecule has 3 rings (SSSR count). The molecule has 0 aromatic heterocycles. The van der Waals surface area contributed by atoms with Gasteiger partial charge in [0.1, 0.15) is 0 Å². The molecule has 2 aromatic carbocycles. The zero-order valence-electron chi connectivity index (χ0n) is 14.6. The average Bonchev–Trinajstić information content (AvgIpc) is 2.70. The van der Waals surface area contributed by atoms with E-state index in [2.05, 4.69) is 84.3 Å². The Balaban J connectivity index is 2.14. The molecule has 24 heavy (non-hydrogen) atoms. The number of hydrogen-bond donors (Lipinski definition) is 0. The summed E-state index contributed by atoms with van der Waals surface area (Å²) >= 11 is 1.82. The van der Waals surface area contributed by atoms with E-state index in [4.69, 9.17) is 0 Å². The van der Waals surface area contributed by atoms with E-state index in [9.17, 15) is 0 Å². The maximum Gasteiger partial charge on any atom is 0.0600 e. The number of fused-ring (bicyclic) bond motifs is 2. The Hall–Kier alpha value is -2.15. The summed E-state index contributed by atoms with van der Waals surface area (Å²) in [4.78, 5) is 6.76. The molecule has 0 amide bonds. The second kappa shape index (κ2) is 7.17. The first-order valence-corrected chi connectivity index (χ1v) is 8.80. The number of anilines is 1. The van der Waals surface area contributed by atoms with Gasteiger partial charge in [0.2, 0.25) is 0 Å². The van der Waals surface area contributed by atoms with E-state index < -0.39 is 0 Å². The van der Waals surface area contributed by atoms with Gasteiger partial charge in [-0.25, -0.2) is 0 Å². The van der Waals surface area contributed by atoms with Gasteiger partial charge in [-0.3, -0.25) is 4.90 Å². The van der Waals surface area contributed by atoms with Crippen molar-refractivity contribution in [2.75, 3.05) is 39.6 Å². The fraction of sp³-hybridized carbons (Fsp3) is 0.238. The molecular formula is C21H22N2S. The van der Waals surface area contributed by atoms with Gasteiger partial charge in [0, 0.05) is 40.7 Å². The number of hydrogen-bond acceptors (Lipinski definition) is 3. The molecule has 0 bridgehead atoms. The number of benzene rings is 2. The van der Waals surface area contributed by atoms with Crippen LogP contribution < -0.4 is 4.90 Å². The standard InChI is InChI=1S/C21H22N2S/c1-22(2)13-7-9-16-14-17-8-5-6-10-20(17)24-21-12-11-18(23(3)4)15-19(16)21/h5-6,8,10-12,14-15H,13H2,1-4H3. The van der Waals surface area contributed by atoms with Crippen molar-refractivity contribution >= 4 is 29.1 Å². The molecule has 2 aromatic rings. The second-order valence-electron chi connectivity index (χ2n) is 6.31. The minimum Gasteiger partial charge on any atom is -0.378 e. The highest BCUT2D eigenvalue weighted by Gasteiger charge is 2.15. The number of allylic oxidation sites excluding steroid dienone is 1. The average molecular weight is 334 g/mol. The van der Waals surface area contributed by atoms with Crippen LogP contribution in [0.3, 0.4) is 0 Å². The van der Waals surface area contributed by atoms with Crippen LogP contribution in [0.25, 0.3) is 11.6 Å². The third kappa shape index (κ3) is 3.67. The molecule has 0 spiro atoms. The van der Waals surface area contributed by atoms with Crippen molar-refractivity contribution in [2.45, 2.75) is 9.79 Å². The third-order valence-electron chi connectivity index (χ3n) is 3.83. The molecule has 0 radical (unpaired) electrons. The van der Waals surface area contributed by atoms with Gasteiger partial charge in [0.25, 0.3) is 0 Å². The van der Waals surface area contributed by atoms with Crippen LogP contribution in [0.4, 0.5) is 5.69 Å². The third-order valence-corrected chi connectivity index (χ3v) is 4.99. The van der Waals surface area contributed by atoms with Crippen molar-refractivity contribution in [3.8, 4) is 11.8 Å². The van der Waals surface area contributed by atoms with Gasteiger partial charge < -0.3 is 4.90 Å². The first-order valence-electron chi connectivity index (χ1n) is 7.98. The van der Waals surface area contributed by atoms with Crippen LogP contribution in [-0.4, -0.2) is 39.6 Å². The van der Waals surface area contributed by atoms with Gasteiger partial charge in [-0.05, 0) is 50.0 Å². The molecule has 3 heteroatoms. The monoisotopic (exact) mass is 334 g/mol. The predicted molar refractivity (Wildman–Crippen MR) is 106 cm³/mol. The number of nitrogens with zero attached hydrogens (tertiary/aromatic N) is 2. The highest BCUT2D eigenvalue weighted by atomic mass is 32.2. The van der Waals surface area contributed by atoms with Crippen LogP contribution in [0.1, 0.15) is 11.1 Å². The molecule has 0 aliphatic carbocycles. The van der Waals surface area contributed by atoms with E-state index in [1.807, 2.05) is 25.9 Å². The Kier molecular flexibility index (Phi) is 4.99. The molecule has 0 unspecified atom stereocenters. The van der Waals surface area contributed by atoms with Gasteiger partial charge in [-0.1, -0.05) is 41.8 Å². The summed E-state index contributed by atoms with van der Waals surface area (Å²) in [6.45, 7) is 0.759. The van der Waals surface area contributed by atoms with Gasteiger partial charge in [-0.15, -0.1) is 0 Å². The van der Waals surface area contributed by atoms with Crippen LogP contribution >= 0.6 is 11.8 Å². The summed E-state index contributed by atoms with van der Waals surface area (Å²) in [7, 11) is 8.22. The van der Waals surface area contributed by atoms with Crippen LogP contribution in [0.2, 0.25) is 0 Å². The zero-order valence-corrected chi connectivity index (χ0v) is 15.4. The topological polar surface area (TPSA) is 6.48 Å². The quantitative estimate of drug-likeness (QED) is 0.755. The van der Waals surface area contributed by atoms with Crippen molar-refractivity contribution in [3.63, 3.8) is 0 Å². The van der Waals surface area contributed by atoms with E-state index in [1.165, 1.54) is 26.6 Å². The Bertz CT molecular complexity index is 838. The first-order chi connectivity index (χ1) is 11.5. The lowest BCUT2D eigenvalue weighted by Crippen LogP contribution is -2.10. The minimum absolute atomic E-state index is 0.759. The Morgan fingerprint density at radius 2 is 1.75 bits per heavy atom. The fourth-order valence-corrected chi connectivity index (χ4v) is 3.58. The summed E-state index contributed by atoms with van der Waals surface area (Å²) in [6.07, 6.45) is 2.22. The maximum absolute atomic E-state index is 3.39. The molecule has 0 fully saturated rings. The van der Waals surface area contributed by atoms with Crippen molar-refractivity contribution in [1.82, 2.24) is 4.90 Å². The van der Waals surface area contributed by atoms with Crippen molar-refractivity contribution in [1.29, 1.82) is 0 Å². The molecular weight excluding hydrogens is 312 g/mol. The van der Waals surface area contributed by atoms with E-state index in [0.717, 1.165) is 12.1 Å². The van der Waals surface area contributed by atoms with Gasteiger partial charge >= 0.3 is 0 Å². The minimum atomic E-state index is 0.759. The zero-order chi connectivity index (χ0) is 17.1. The van der Waals surface area contributed by atoms with E-state index in [1.54, 1.807) is 0 Å². The lowest BCUT2D eigenvalue weighted by atomic mass is 10.0. The predicted octanol–water partition coefficient (Wildman–Crippen LogP) is 4.32. The van der Waals surface area contributed by atoms with Gasteiger partial charge in [0.15, 0.2) is 0 Å². The lowest BCUT2D eigenvalue weighted by molar-refractivity contribution is 0.464. The summed E-state index contributed by atoms with van der Waals surface area (Å²) < 4.78 is 0. The Morgan fingerprint density at radius 3 is 2.50 bits per heavy atom. The Morgan fingerprint density at radius 1 is 0.958 bits per heavy atom. The van der Waals surface area contributed by atoms with E-state index >= 15 is 0 Å². The molecule has 2 nitrogen and oxygen atoms in total. The molecule has 1 heterocycles. The van der Waals surface area contributed by atoms with Gasteiger partial charge in [-0.2, -0.15) is 0 Å². The van der Waals surface area contributed by atoms with Crippen LogP contribution in [-0.2, 0) is 0 Å². The summed E-state index contributed by atoms with van der Waals surface area (Å²) in [6, 6.07) is 15.1. The smallest absolute Gasteiger partial charge is 0.0600 e.